The van der Waals surface area contributed by atoms with E-state index in [0.717, 1.165) is 0 Å². The van der Waals surface area contributed by atoms with Crippen molar-refractivity contribution >= 4 is 0 Å². The summed E-state index contributed by atoms with van der Waals surface area (Å²) in [4.78, 5) is 0. The van der Waals surface area contributed by atoms with Crippen molar-refractivity contribution in [3.63, 3.8) is 0 Å². The average Bonchev–Trinajstić information content (AvgIpc) is 2.28. The van der Waals surface area contributed by atoms with Crippen LogP contribution in [0.3, 0.4) is 0 Å². The standard InChI is InChI=1S/C8H11F3N2/c1-3-7-6(4-8(9,10)11)5-12-13(7)2/h5H,3-4H2,1-2H3. The van der Waals surface area contributed by atoms with Crippen LogP contribution in [0.25, 0.3) is 0 Å². The monoisotopic (exact) mass is 192 g/mol. The molecule has 2 nitrogen and oxygen atoms in total. The Balaban J connectivity index is 2.89. The van der Waals surface area contributed by atoms with Gasteiger partial charge in [0.1, 0.15) is 0 Å². The van der Waals surface area contributed by atoms with E-state index in [1.807, 2.05) is 6.92 Å². The minimum atomic E-state index is -4.15. The molecule has 5 heteroatoms. The third kappa shape index (κ3) is 2.47. The van der Waals surface area contributed by atoms with E-state index in [4.69, 9.17) is 0 Å². The van der Waals surface area contributed by atoms with Crippen molar-refractivity contribution in [2.45, 2.75) is 25.9 Å². The Kier molecular flexibility index (Phi) is 2.63. The van der Waals surface area contributed by atoms with E-state index in [1.54, 1.807) is 7.05 Å². The fourth-order valence-corrected chi connectivity index (χ4v) is 1.33. The molecule has 0 radical (unpaired) electrons. The molecule has 1 heterocycles. The van der Waals surface area contributed by atoms with Crippen LogP contribution in [-0.4, -0.2) is 16.0 Å². The molecule has 0 spiro atoms. The Hall–Kier alpha value is -1.00. The van der Waals surface area contributed by atoms with Gasteiger partial charge in [0.05, 0.1) is 12.6 Å². The number of nitrogens with zero attached hydrogens (tertiary/aromatic N) is 2. The van der Waals surface area contributed by atoms with Crippen molar-refractivity contribution in [1.29, 1.82) is 0 Å². The van der Waals surface area contributed by atoms with Crippen LogP contribution in [0.5, 0.6) is 0 Å². The van der Waals surface area contributed by atoms with E-state index in [9.17, 15) is 13.2 Å². The van der Waals surface area contributed by atoms with Gasteiger partial charge >= 0.3 is 6.18 Å². The number of aryl methyl sites for hydroxylation is 1. The molecular weight excluding hydrogens is 181 g/mol. The Morgan fingerprint density at radius 2 is 2.08 bits per heavy atom. The fourth-order valence-electron chi connectivity index (χ4n) is 1.33. The first-order chi connectivity index (χ1) is 5.94. The Morgan fingerprint density at radius 3 is 2.54 bits per heavy atom. The van der Waals surface area contributed by atoms with E-state index < -0.39 is 12.6 Å². The average molecular weight is 192 g/mol. The predicted molar refractivity (Wildman–Crippen MR) is 42.3 cm³/mol. The van der Waals surface area contributed by atoms with Crippen LogP contribution in [-0.2, 0) is 19.9 Å². The zero-order chi connectivity index (χ0) is 10.1. The molecule has 13 heavy (non-hydrogen) atoms. The van der Waals surface area contributed by atoms with E-state index in [0.29, 0.717) is 12.1 Å². The second-order valence-electron chi connectivity index (χ2n) is 2.89. The van der Waals surface area contributed by atoms with Gasteiger partial charge in [-0.05, 0) is 6.42 Å². The molecule has 0 N–H and O–H groups in total. The van der Waals surface area contributed by atoms with Crippen molar-refractivity contribution in [3.05, 3.63) is 17.5 Å². The summed E-state index contributed by atoms with van der Waals surface area (Å²) in [6.07, 6.45) is -3.18. The van der Waals surface area contributed by atoms with Crippen LogP contribution in [0.1, 0.15) is 18.2 Å². The second kappa shape index (κ2) is 3.40. The molecule has 0 aliphatic carbocycles. The summed E-state index contributed by atoms with van der Waals surface area (Å²) in [7, 11) is 1.65. The number of halogens is 3. The molecule has 0 saturated carbocycles. The van der Waals surface area contributed by atoms with Crippen molar-refractivity contribution in [2.75, 3.05) is 0 Å². The maximum absolute atomic E-state index is 12.0. The molecule has 1 aromatic rings. The molecule has 1 rings (SSSR count). The first-order valence-corrected chi connectivity index (χ1v) is 4.00. The normalized spacial score (nSPS) is 12.1. The molecule has 0 fully saturated rings. The van der Waals surface area contributed by atoms with Crippen LogP contribution in [0.15, 0.2) is 6.20 Å². The molecular formula is C8H11F3N2. The zero-order valence-electron chi connectivity index (χ0n) is 7.52. The molecule has 74 valence electrons. The minimum Gasteiger partial charge on any atom is -0.272 e. The highest BCUT2D eigenvalue weighted by Crippen LogP contribution is 2.23. The molecule has 0 aliphatic rings. The minimum absolute atomic E-state index is 0.275. The fraction of sp³-hybridized carbons (Fsp3) is 0.625. The van der Waals surface area contributed by atoms with Gasteiger partial charge in [0.2, 0.25) is 0 Å². The Bertz CT molecular complexity index is 288. The maximum atomic E-state index is 12.0. The topological polar surface area (TPSA) is 17.8 Å². The first-order valence-electron chi connectivity index (χ1n) is 4.00. The summed E-state index contributed by atoms with van der Waals surface area (Å²) in [5.74, 6) is 0. The molecule has 0 saturated heterocycles. The number of hydrogen-bond donors (Lipinski definition) is 0. The van der Waals surface area contributed by atoms with Crippen LogP contribution in [0, 0.1) is 0 Å². The van der Waals surface area contributed by atoms with Gasteiger partial charge in [-0.1, -0.05) is 6.92 Å². The third-order valence-electron chi connectivity index (χ3n) is 1.87. The first kappa shape index (κ1) is 10.1. The van der Waals surface area contributed by atoms with Crippen LogP contribution < -0.4 is 0 Å². The quantitative estimate of drug-likeness (QED) is 0.701. The highest BCUT2D eigenvalue weighted by molar-refractivity contribution is 5.18. The molecule has 0 amide bonds. The summed E-state index contributed by atoms with van der Waals surface area (Å²) < 4.78 is 37.6. The van der Waals surface area contributed by atoms with Crippen LogP contribution >= 0.6 is 0 Å². The summed E-state index contributed by atoms with van der Waals surface area (Å²) in [6, 6.07) is 0. The summed E-state index contributed by atoms with van der Waals surface area (Å²) in [5, 5.41) is 3.79. The van der Waals surface area contributed by atoms with Crippen LogP contribution in [0.2, 0.25) is 0 Å². The lowest BCUT2D eigenvalue weighted by molar-refractivity contribution is -0.127. The van der Waals surface area contributed by atoms with E-state index in [-0.39, 0.29) is 5.56 Å². The van der Waals surface area contributed by atoms with Crippen molar-refractivity contribution in [3.8, 4) is 0 Å². The van der Waals surface area contributed by atoms with Gasteiger partial charge in [0.25, 0.3) is 0 Å². The predicted octanol–water partition coefficient (Wildman–Crippen LogP) is 2.09. The largest absolute Gasteiger partial charge is 0.393 e. The highest BCUT2D eigenvalue weighted by Gasteiger charge is 2.29. The third-order valence-corrected chi connectivity index (χ3v) is 1.87. The van der Waals surface area contributed by atoms with Gasteiger partial charge in [-0.25, -0.2) is 0 Å². The van der Waals surface area contributed by atoms with Gasteiger partial charge in [0.15, 0.2) is 0 Å². The Morgan fingerprint density at radius 1 is 1.46 bits per heavy atom. The lowest BCUT2D eigenvalue weighted by Gasteiger charge is -2.06. The van der Waals surface area contributed by atoms with Crippen molar-refractivity contribution in [2.24, 2.45) is 7.05 Å². The molecule has 0 aromatic carbocycles. The number of hydrogen-bond acceptors (Lipinski definition) is 1. The lowest BCUT2D eigenvalue weighted by atomic mass is 10.1. The smallest absolute Gasteiger partial charge is 0.272 e. The summed E-state index contributed by atoms with van der Waals surface area (Å²) in [5.41, 5.74) is 0.926. The molecule has 0 atom stereocenters. The molecule has 0 bridgehead atoms. The maximum Gasteiger partial charge on any atom is 0.393 e. The lowest BCUT2D eigenvalue weighted by Crippen LogP contribution is -2.12. The summed E-state index contributed by atoms with van der Waals surface area (Å²) in [6.45, 7) is 1.82. The van der Waals surface area contributed by atoms with Gasteiger partial charge in [-0.2, -0.15) is 18.3 Å². The van der Waals surface area contributed by atoms with Crippen molar-refractivity contribution in [1.82, 2.24) is 9.78 Å². The molecule has 0 unspecified atom stereocenters. The Labute approximate surface area is 74.4 Å². The van der Waals surface area contributed by atoms with Gasteiger partial charge < -0.3 is 0 Å². The number of alkyl halides is 3. The molecule has 0 aliphatic heterocycles. The van der Waals surface area contributed by atoms with Crippen LogP contribution in [0.4, 0.5) is 13.2 Å². The van der Waals surface area contributed by atoms with Gasteiger partial charge in [0, 0.05) is 18.3 Å². The van der Waals surface area contributed by atoms with E-state index in [2.05, 4.69) is 5.10 Å². The SMILES string of the molecule is CCc1c(CC(F)(F)F)cnn1C. The highest BCUT2D eigenvalue weighted by atomic mass is 19.4. The van der Waals surface area contributed by atoms with Gasteiger partial charge in [-0.3, -0.25) is 4.68 Å². The zero-order valence-corrected chi connectivity index (χ0v) is 7.52. The number of rotatable bonds is 2. The van der Waals surface area contributed by atoms with Gasteiger partial charge in [-0.15, -0.1) is 0 Å². The van der Waals surface area contributed by atoms with E-state index >= 15 is 0 Å². The second-order valence-corrected chi connectivity index (χ2v) is 2.89. The van der Waals surface area contributed by atoms with E-state index in [1.165, 1.54) is 10.9 Å². The summed E-state index contributed by atoms with van der Waals surface area (Å²) >= 11 is 0. The molecule has 1 aromatic heterocycles. The van der Waals surface area contributed by atoms with Crippen molar-refractivity contribution < 1.29 is 13.2 Å². The number of aromatic nitrogens is 2.